The zero-order valence-corrected chi connectivity index (χ0v) is 17.8. The fraction of sp³-hybridized carbons (Fsp3) is 0.889. The number of nitrogens with one attached hydrogen (secondary N) is 1. The summed E-state index contributed by atoms with van der Waals surface area (Å²) in [6.45, 7) is 3.85. The van der Waals surface area contributed by atoms with Crippen molar-refractivity contribution >= 4 is 12.3 Å². The number of carbonyl (C=O) groups excluding carboxylic acids is 1. The molecule has 23 heavy (non-hydrogen) atoms. The van der Waals surface area contributed by atoms with Crippen LogP contribution in [0, 0.1) is 0 Å². The van der Waals surface area contributed by atoms with E-state index >= 15 is 0 Å². The van der Waals surface area contributed by atoms with Gasteiger partial charge in [-0.05, 0) is 14.0 Å². The molecule has 0 aromatic heterocycles. The van der Waals surface area contributed by atoms with Gasteiger partial charge in [0.15, 0.2) is 0 Å². The first-order valence-corrected chi connectivity index (χ1v) is 8.85. The molecule has 0 radical (unpaired) electrons. The Balaban J connectivity index is -0.000000425. The molecule has 0 aliphatic rings. The maximum absolute atomic E-state index is 9.94. The molecule has 0 aromatic rings. The van der Waals surface area contributed by atoms with Gasteiger partial charge in [0.2, 0.25) is 0 Å². The average Bonchev–Trinajstić information content (AvgIpc) is 2.52. The molecule has 0 aromatic carbocycles. The molecule has 0 saturated heterocycles. The Morgan fingerprint density at radius 1 is 0.957 bits per heavy atom. The predicted octanol–water partition coefficient (Wildman–Crippen LogP) is 1.48. The van der Waals surface area contributed by atoms with Crippen LogP contribution in [0.1, 0.15) is 90.9 Å². The van der Waals surface area contributed by atoms with Crippen molar-refractivity contribution in [3.63, 3.8) is 0 Å². The van der Waals surface area contributed by atoms with E-state index in [1.807, 2.05) is 6.29 Å². The Morgan fingerprint density at radius 2 is 1.35 bits per heavy atom. The predicted molar refractivity (Wildman–Crippen MR) is 92.9 cm³/mol. The van der Waals surface area contributed by atoms with Crippen LogP contribution in [-0.2, 0) is 9.59 Å². The van der Waals surface area contributed by atoms with Crippen molar-refractivity contribution in [2.45, 2.75) is 96.9 Å². The molecule has 2 N–H and O–H groups in total. The number of unbranched alkanes of at least 4 members (excludes halogenated alkanes) is 11. The van der Waals surface area contributed by atoms with E-state index in [0.29, 0.717) is 6.42 Å². The molecule has 0 rings (SSSR count). The summed E-state index contributed by atoms with van der Waals surface area (Å²) in [6, 6.07) is -0.431. The molecule has 4 nitrogen and oxygen atoms in total. The van der Waals surface area contributed by atoms with Crippen LogP contribution in [0.3, 0.4) is 0 Å². The molecule has 5 heteroatoms. The standard InChI is InChI=1S/C14H27O.C4H9NO2.Na/c1-2-3-4-5-6-7-8-9-10-11-12-13-14-15;1-3(5-2)4(6)7;/h2-13H2,1H3;3,5H,1-2H3,(H,6,7);/q-1;;+1. The van der Waals surface area contributed by atoms with Crippen molar-refractivity contribution in [1.29, 1.82) is 0 Å². The van der Waals surface area contributed by atoms with Gasteiger partial charge in [-0.25, -0.2) is 0 Å². The Hall–Kier alpha value is 0.100. The first-order chi connectivity index (χ1) is 10.6. The minimum atomic E-state index is -0.817. The van der Waals surface area contributed by atoms with Crippen LogP contribution in [0.25, 0.3) is 0 Å². The van der Waals surface area contributed by atoms with E-state index in [-0.39, 0.29) is 29.6 Å². The summed E-state index contributed by atoms with van der Waals surface area (Å²) in [6.07, 6.45) is 17.3. The van der Waals surface area contributed by atoms with Crippen LogP contribution in [0.4, 0.5) is 0 Å². The molecule has 0 spiro atoms. The van der Waals surface area contributed by atoms with Gasteiger partial charge in [0.1, 0.15) is 6.04 Å². The molecule has 0 saturated carbocycles. The smallest absolute Gasteiger partial charge is 0.542 e. The molecule has 0 aliphatic heterocycles. The van der Waals surface area contributed by atoms with Crippen LogP contribution in [0.5, 0.6) is 0 Å². The number of carboxylic acid groups (broad SMARTS) is 1. The van der Waals surface area contributed by atoms with Gasteiger partial charge in [0, 0.05) is 0 Å². The van der Waals surface area contributed by atoms with Gasteiger partial charge in [-0.1, -0.05) is 77.6 Å². The van der Waals surface area contributed by atoms with Crippen molar-refractivity contribution < 1.29 is 44.3 Å². The Kier molecular flexibility index (Phi) is 29.6. The molecule has 0 fully saturated rings. The van der Waals surface area contributed by atoms with Gasteiger partial charge in [0.05, 0.1) is 0 Å². The number of aliphatic carboxylic acids is 1. The minimum absolute atomic E-state index is 0. The zero-order chi connectivity index (χ0) is 17.1. The SMILES string of the molecule is CCCCCCCCCCCCC[C-]=O.CNC(C)C(=O)O.[Na+]. The molecule has 132 valence electrons. The van der Waals surface area contributed by atoms with E-state index < -0.39 is 12.0 Å². The van der Waals surface area contributed by atoms with E-state index in [1.54, 1.807) is 14.0 Å². The summed E-state index contributed by atoms with van der Waals surface area (Å²) in [4.78, 5) is 19.8. The van der Waals surface area contributed by atoms with Crippen molar-refractivity contribution in [3.8, 4) is 0 Å². The molecule has 1 atom stereocenters. The van der Waals surface area contributed by atoms with Gasteiger partial charge in [-0.2, -0.15) is 6.42 Å². The number of hydrogen-bond acceptors (Lipinski definition) is 3. The molecule has 0 bridgehead atoms. The number of rotatable bonds is 14. The van der Waals surface area contributed by atoms with Gasteiger partial charge in [-0.15, -0.1) is 0 Å². The molecule has 0 aliphatic carbocycles. The summed E-state index contributed by atoms with van der Waals surface area (Å²) in [7, 11) is 1.61. The second kappa shape index (κ2) is 24.4. The quantitative estimate of drug-likeness (QED) is 0.286. The molecular formula is C18H36NNaO3. The fourth-order valence-electron chi connectivity index (χ4n) is 1.98. The summed E-state index contributed by atoms with van der Waals surface area (Å²) in [5.74, 6) is -0.817. The number of carboxylic acids is 1. The van der Waals surface area contributed by atoms with E-state index in [2.05, 4.69) is 12.2 Å². The molecule has 0 heterocycles. The van der Waals surface area contributed by atoms with Crippen molar-refractivity contribution in [3.05, 3.63) is 0 Å². The maximum Gasteiger partial charge on any atom is 1.00 e. The summed E-state index contributed by atoms with van der Waals surface area (Å²) < 4.78 is 0. The Bertz CT molecular complexity index is 250. The number of carbonyl (C=O) groups is 1. The second-order valence-corrected chi connectivity index (χ2v) is 5.78. The topological polar surface area (TPSA) is 66.4 Å². The van der Waals surface area contributed by atoms with Crippen LogP contribution >= 0.6 is 0 Å². The minimum Gasteiger partial charge on any atom is -0.542 e. The third kappa shape index (κ3) is 27.3. The van der Waals surface area contributed by atoms with Gasteiger partial charge >= 0.3 is 35.5 Å². The molecule has 1 unspecified atom stereocenters. The normalized spacial score (nSPS) is 10.9. The Labute approximate surface area is 165 Å². The van der Waals surface area contributed by atoms with E-state index in [0.717, 1.165) is 6.42 Å². The van der Waals surface area contributed by atoms with Crippen LogP contribution in [0.2, 0.25) is 0 Å². The van der Waals surface area contributed by atoms with Gasteiger partial charge in [0.25, 0.3) is 0 Å². The number of likely N-dealkylation sites (N-methyl/N-ethyl adjacent to an activating group) is 1. The first kappa shape index (κ1) is 27.9. The largest absolute Gasteiger partial charge is 1.00 e. The van der Waals surface area contributed by atoms with Crippen LogP contribution in [-0.4, -0.2) is 30.5 Å². The van der Waals surface area contributed by atoms with E-state index in [1.165, 1.54) is 64.2 Å². The third-order valence-electron chi connectivity index (χ3n) is 3.69. The van der Waals surface area contributed by atoms with E-state index in [4.69, 9.17) is 5.11 Å². The molecule has 0 amide bonds. The van der Waals surface area contributed by atoms with Crippen molar-refractivity contribution in [2.75, 3.05) is 7.05 Å². The first-order valence-electron chi connectivity index (χ1n) is 8.85. The third-order valence-corrected chi connectivity index (χ3v) is 3.69. The van der Waals surface area contributed by atoms with Crippen molar-refractivity contribution in [2.24, 2.45) is 0 Å². The van der Waals surface area contributed by atoms with E-state index in [9.17, 15) is 9.59 Å². The Morgan fingerprint density at radius 3 is 1.61 bits per heavy atom. The van der Waals surface area contributed by atoms with Crippen molar-refractivity contribution in [1.82, 2.24) is 5.32 Å². The maximum atomic E-state index is 9.94. The molecular weight excluding hydrogens is 301 g/mol. The number of hydrogen-bond donors (Lipinski definition) is 2. The summed E-state index contributed by atoms with van der Waals surface area (Å²) in [5.41, 5.74) is 0. The van der Waals surface area contributed by atoms with Crippen LogP contribution < -0.4 is 34.9 Å². The average molecular weight is 337 g/mol. The summed E-state index contributed by atoms with van der Waals surface area (Å²) >= 11 is 0. The second-order valence-electron chi connectivity index (χ2n) is 5.78. The monoisotopic (exact) mass is 337 g/mol. The fourth-order valence-corrected chi connectivity index (χ4v) is 1.98. The summed E-state index contributed by atoms with van der Waals surface area (Å²) in [5, 5.41) is 10.7. The zero-order valence-electron chi connectivity index (χ0n) is 15.8. The van der Waals surface area contributed by atoms with Gasteiger partial charge < -0.3 is 15.2 Å². The van der Waals surface area contributed by atoms with Crippen LogP contribution in [0.15, 0.2) is 0 Å². The van der Waals surface area contributed by atoms with Gasteiger partial charge in [-0.3, -0.25) is 11.1 Å².